The van der Waals surface area contributed by atoms with Crippen LogP contribution in [0.1, 0.15) is 19.3 Å². The van der Waals surface area contributed by atoms with E-state index in [4.69, 9.17) is 32.7 Å². The second-order valence-electron chi connectivity index (χ2n) is 4.81. The fraction of sp³-hybridized carbons (Fsp3) is 0.176. The van der Waals surface area contributed by atoms with Crippen molar-refractivity contribution in [3.05, 3.63) is 58.3 Å². The number of esters is 2. The maximum Gasteiger partial charge on any atom is 0.311 e. The summed E-state index contributed by atoms with van der Waals surface area (Å²) in [6.07, 6.45) is 0.223. The van der Waals surface area contributed by atoms with Crippen LogP contribution in [0.4, 0.5) is 4.39 Å². The Morgan fingerprint density at radius 1 is 0.958 bits per heavy atom. The normalized spacial score (nSPS) is 10.3. The van der Waals surface area contributed by atoms with Crippen molar-refractivity contribution in [3.8, 4) is 11.5 Å². The lowest BCUT2D eigenvalue weighted by Gasteiger charge is -2.07. The Balaban J connectivity index is 1.76. The lowest BCUT2D eigenvalue weighted by Crippen LogP contribution is -2.11. The minimum absolute atomic E-state index is 0.00108. The van der Waals surface area contributed by atoms with E-state index >= 15 is 0 Å². The molecule has 0 bridgehead atoms. The second kappa shape index (κ2) is 8.66. The summed E-state index contributed by atoms with van der Waals surface area (Å²) in [4.78, 5) is 23.4. The van der Waals surface area contributed by atoms with Crippen molar-refractivity contribution < 1.29 is 23.5 Å². The van der Waals surface area contributed by atoms with Gasteiger partial charge in [-0.3, -0.25) is 9.59 Å². The molecule has 0 saturated carbocycles. The molecule has 2 aromatic rings. The molecule has 0 aliphatic carbocycles. The van der Waals surface area contributed by atoms with Gasteiger partial charge in [0.25, 0.3) is 0 Å². The Morgan fingerprint density at radius 2 is 1.62 bits per heavy atom. The minimum atomic E-state index is -0.561. The van der Waals surface area contributed by atoms with Gasteiger partial charge in [0.15, 0.2) is 5.75 Å². The van der Waals surface area contributed by atoms with Crippen molar-refractivity contribution in [1.82, 2.24) is 0 Å². The standard InChI is InChI=1S/C17H13Cl2FO4/c18-13-6-2-7-14(17(13)19)24-16(22)9-3-8-15(21)23-12-5-1-4-11(20)10-12/h1-2,4-7,10H,3,8-9H2. The average Bonchev–Trinajstić information content (AvgIpc) is 2.52. The summed E-state index contributed by atoms with van der Waals surface area (Å²) in [5, 5.41) is 0.429. The Kier molecular flexibility index (Phi) is 6.58. The molecule has 2 aromatic carbocycles. The van der Waals surface area contributed by atoms with Gasteiger partial charge in [-0.25, -0.2) is 4.39 Å². The van der Waals surface area contributed by atoms with E-state index in [9.17, 15) is 14.0 Å². The van der Waals surface area contributed by atoms with E-state index in [1.165, 1.54) is 24.3 Å². The highest BCUT2D eigenvalue weighted by Gasteiger charge is 2.12. The fourth-order valence-corrected chi connectivity index (χ4v) is 2.16. The van der Waals surface area contributed by atoms with E-state index in [0.717, 1.165) is 6.07 Å². The summed E-state index contributed by atoms with van der Waals surface area (Å²) in [5.41, 5.74) is 0. The number of carbonyl (C=O) groups is 2. The summed E-state index contributed by atoms with van der Waals surface area (Å²) in [6, 6.07) is 9.95. The molecule has 0 aliphatic heterocycles. The van der Waals surface area contributed by atoms with Gasteiger partial charge in [0.1, 0.15) is 16.6 Å². The van der Waals surface area contributed by atoms with Gasteiger partial charge in [-0.2, -0.15) is 0 Å². The molecular weight excluding hydrogens is 358 g/mol. The van der Waals surface area contributed by atoms with Crippen LogP contribution in [0.5, 0.6) is 11.5 Å². The molecule has 0 saturated heterocycles. The molecule has 0 aromatic heterocycles. The van der Waals surface area contributed by atoms with Crippen molar-refractivity contribution in [2.45, 2.75) is 19.3 Å². The lowest BCUT2D eigenvalue weighted by molar-refractivity contribution is -0.136. The van der Waals surface area contributed by atoms with E-state index in [0.29, 0.717) is 0 Å². The summed E-state index contributed by atoms with van der Waals surface area (Å²) in [7, 11) is 0. The molecule has 0 atom stereocenters. The van der Waals surface area contributed by atoms with E-state index < -0.39 is 17.8 Å². The first-order valence-corrected chi connectivity index (χ1v) is 7.82. The third kappa shape index (κ3) is 5.51. The maximum absolute atomic E-state index is 13.0. The predicted octanol–water partition coefficient (Wildman–Crippen LogP) is 4.81. The molecule has 24 heavy (non-hydrogen) atoms. The topological polar surface area (TPSA) is 52.6 Å². The van der Waals surface area contributed by atoms with Crippen molar-refractivity contribution in [2.24, 2.45) is 0 Å². The highest BCUT2D eigenvalue weighted by atomic mass is 35.5. The van der Waals surface area contributed by atoms with Crippen molar-refractivity contribution >= 4 is 35.1 Å². The summed E-state index contributed by atoms with van der Waals surface area (Å²) in [5.74, 6) is -1.32. The van der Waals surface area contributed by atoms with Gasteiger partial charge in [-0.05, 0) is 30.7 Å². The van der Waals surface area contributed by atoms with Crippen LogP contribution in [0.2, 0.25) is 10.0 Å². The largest absolute Gasteiger partial charge is 0.426 e. The van der Waals surface area contributed by atoms with Crippen LogP contribution in [0.15, 0.2) is 42.5 Å². The molecule has 0 radical (unpaired) electrons. The molecule has 0 N–H and O–H groups in total. The number of carbonyl (C=O) groups excluding carboxylic acids is 2. The minimum Gasteiger partial charge on any atom is -0.426 e. The lowest BCUT2D eigenvalue weighted by atomic mass is 10.2. The SMILES string of the molecule is O=C(CCCC(=O)Oc1cccc(Cl)c1Cl)Oc1cccc(F)c1. The summed E-state index contributed by atoms with van der Waals surface area (Å²) >= 11 is 11.7. The van der Waals surface area contributed by atoms with Gasteiger partial charge in [0.05, 0.1) is 5.02 Å². The molecule has 0 heterocycles. The Bertz CT molecular complexity index is 749. The number of hydrogen-bond donors (Lipinski definition) is 0. The molecule has 7 heteroatoms. The zero-order valence-electron chi connectivity index (χ0n) is 12.4. The molecular formula is C17H13Cl2FO4. The average molecular weight is 371 g/mol. The van der Waals surface area contributed by atoms with Crippen LogP contribution < -0.4 is 9.47 Å². The van der Waals surface area contributed by atoms with Gasteiger partial charge >= 0.3 is 11.9 Å². The first kappa shape index (κ1) is 18.2. The van der Waals surface area contributed by atoms with Gasteiger partial charge in [-0.1, -0.05) is 35.3 Å². The monoisotopic (exact) mass is 370 g/mol. The number of benzene rings is 2. The number of ether oxygens (including phenoxy) is 2. The quantitative estimate of drug-likeness (QED) is 0.540. The third-order valence-corrected chi connectivity index (χ3v) is 3.73. The van der Waals surface area contributed by atoms with Crippen molar-refractivity contribution in [1.29, 1.82) is 0 Å². The molecule has 0 fully saturated rings. The van der Waals surface area contributed by atoms with Crippen LogP contribution in [-0.4, -0.2) is 11.9 Å². The summed E-state index contributed by atoms with van der Waals surface area (Å²) in [6.45, 7) is 0. The highest BCUT2D eigenvalue weighted by Crippen LogP contribution is 2.31. The molecule has 2 rings (SSSR count). The molecule has 0 aliphatic rings. The van der Waals surface area contributed by atoms with Crippen molar-refractivity contribution in [3.63, 3.8) is 0 Å². The number of halogens is 3. The van der Waals surface area contributed by atoms with Crippen LogP contribution >= 0.6 is 23.2 Å². The predicted molar refractivity (Wildman–Crippen MR) is 88.0 cm³/mol. The highest BCUT2D eigenvalue weighted by molar-refractivity contribution is 6.43. The molecule has 0 amide bonds. The molecule has 126 valence electrons. The van der Waals surface area contributed by atoms with Gasteiger partial charge in [-0.15, -0.1) is 0 Å². The smallest absolute Gasteiger partial charge is 0.311 e. The zero-order valence-corrected chi connectivity index (χ0v) is 13.9. The van der Waals surface area contributed by atoms with Gasteiger partial charge < -0.3 is 9.47 Å². The Morgan fingerprint density at radius 3 is 2.33 bits per heavy atom. The van der Waals surface area contributed by atoms with Crippen LogP contribution in [-0.2, 0) is 9.59 Å². The van der Waals surface area contributed by atoms with Gasteiger partial charge in [0, 0.05) is 18.9 Å². The van der Waals surface area contributed by atoms with E-state index in [2.05, 4.69) is 0 Å². The number of hydrogen-bond acceptors (Lipinski definition) is 4. The summed E-state index contributed by atoms with van der Waals surface area (Å²) < 4.78 is 23.0. The second-order valence-corrected chi connectivity index (χ2v) is 5.60. The van der Waals surface area contributed by atoms with E-state index in [-0.39, 0.29) is 40.8 Å². The first-order chi connectivity index (χ1) is 11.5. The fourth-order valence-electron chi connectivity index (χ4n) is 1.83. The molecule has 4 nitrogen and oxygen atoms in total. The van der Waals surface area contributed by atoms with E-state index in [1.54, 1.807) is 12.1 Å². The molecule has 0 spiro atoms. The third-order valence-electron chi connectivity index (χ3n) is 2.93. The Hall–Kier alpha value is -2.11. The van der Waals surface area contributed by atoms with Crippen LogP contribution in [0.25, 0.3) is 0 Å². The van der Waals surface area contributed by atoms with Crippen LogP contribution in [0.3, 0.4) is 0 Å². The van der Waals surface area contributed by atoms with E-state index in [1.807, 2.05) is 0 Å². The zero-order chi connectivity index (χ0) is 17.5. The maximum atomic E-state index is 13.0. The van der Waals surface area contributed by atoms with Crippen molar-refractivity contribution in [2.75, 3.05) is 0 Å². The van der Waals surface area contributed by atoms with Gasteiger partial charge in [0.2, 0.25) is 0 Å². The van der Waals surface area contributed by atoms with Crippen LogP contribution in [0, 0.1) is 5.82 Å². The first-order valence-electron chi connectivity index (χ1n) is 7.06. The number of rotatable bonds is 6. The Labute approximate surface area is 148 Å². The molecule has 0 unspecified atom stereocenters.